The highest BCUT2D eigenvalue weighted by Gasteiger charge is 2.32. The molecule has 0 bridgehead atoms. The van der Waals surface area contributed by atoms with Gasteiger partial charge in [-0.15, -0.1) is 0 Å². The van der Waals surface area contributed by atoms with Gasteiger partial charge in [0.15, 0.2) is 5.78 Å². The van der Waals surface area contributed by atoms with Crippen molar-refractivity contribution in [3.63, 3.8) is 0 Å². The van der Waals surface area contributed by atoms with Gasteiger partial charge >= 0.3 is 0 Å². The number of aryl methyl sites for hydroxylation is 1. The minimum absolute atomic E-state index is 0.00809. The van der Waals surface area contributed by atoms with Crippen molar-refractivity contribution in [3.05, 3.63) is 100 Å². The molecule has 0 saturated carbocycles. The zero-order valence-electron chi connectivity index (χ0n) is 15.3. The molecule has 2 aromatic rings. The Morgan fingerprint density at radius 2 is 1.74 bits per heavy atom. The third kappa shape index (κ3) is 3.10. The van der Waals surface area contributed by atoms with Gasteiger partial charge in [0.05, 0.1) is 6.04 Å². The van der Waals surface area contributed by atoms with E-state index in [9.17, 15) is 9.18 Å². The predicted molar refractivity (Wildman–Crippen MR) is 107 cm³/mol. The Morgan fingerprint density at radius 1 is 1.00 bits per heavy atom. The van der Waals surface area contributed by atoms with Gasteiger partial charge in [-0.05, 0) is 47.9 Å². The maximum atomic E-state index is 14.3. The molecule has 0 saturated heterocycles. The van der Waals surface area contributed by atoms with Crippen molar-refractivity contribution in [1.29, 1.82) is 0 Å². The molecule has 134 valence electrons. The molecule has 27 heavy (non-hydrogen) atoms. The van der Waals surface area contributed by atoms with Crippen molar-refractivity contribution in [2.24, 2.45) is 10.9 Å². The van der Waals surface area contributed by atoms with E-state index in [1.54, 1.807) is 24.4 Å². The zero-order chi connectivity index (χ0) is 19.0. The van der Waals surface area contributed by atoms with Crippen molar-refractivity contribution in [2.45, 2.75) is 19.9 Å². The number of nitrogens with zero attached hydrogens (tertiary/aromatic N) is 1. The number of carbonyl (C=O) groups excluding carboxylic acids is 1. The molecule has 2 atom stereocenters. The number of allylic oxidation sites excluding steroid dienone is 5. The van der Waals surface area contributed by atoms with Crippen LogP contribution in [0.1, 0.15) is 29.7 Å². The SMILES string of the molecule is Cc1ccc(C2=C(C3=CC=NC(c4ccccc4F)C3C)C(=O)C=C2)cc1. The number of hydrogen-bond donors (Lipinski definition) is 0. The van der Waals surface area contributed by atoms with Crippen LogP contribution in [0, 0.1) is 18.7 Å². The minimum atomic E-state index is -0.341. The highest BCUT2D eigenvalue weighted by molar-refractivity contribution is 6.19. The number of benzene rings is 2. The van der Waals surface area contributed by atoms with E-state index in [1.165, 1.54) is 11.6 Å². The molecule has 0 spiro atoms. The monoisotopic (exact) mass is 357 g/mol. The number of carbonyl (C=O) groups is 1. The number of hydrogen-bond acceptors (Lipinski definition) is 2. The van der Waals surface area contributed by atoms with E-state index in [0.29, 0.717) is 11.1 Å². The molecule has 2 unspecified atom stereocenters. The van der Waals surface area contributed by atoms with E-state index >= 15 is 0 Å². The first-order chi connectivity index (χ1) is 13.1. The normalized spacial score (nSPS) is 21.7. The molecule has 2 aromatic carbocycles. The third-order valence-corrected chi connectivity index (χ3v) is 5.26. The summed E-state index contributed by atoms with van der Waals surface area (Å²) in [6, 6.07) is 14.5. The Bertz CT molecular complexity index is 1020. The molecular weight excluding hydrogens is 337 g/mol. The Balaban J connectivity index is 1.77. The molecule has 0 radical (unpaired) electrons. The fourth-order valence-corrected chi connectivity index (χ4v) is 3.77. The van der Waals surface area contributed by atoms with Crippen LogP contribution in [0.2, 0.25) is 0 Å². The minimum Gasteiger partial charge on any atom is -0.289 e. The van der Waals surface area contributed by atoms with Gasteiger partial charge in [0.2, 0.25) is 0 Å². The molecule has 2 aliphatic rings. The van der Waals surface area contributed by atoms with Crippen molar-refractivity contribution in [3.8, 4) is 0 Å². The third-order valence-electron chi connectivity index (χ3n) is 5.26. The predicted octanol–water partition coefficient (Wildman–Crippen LogP) is 5.41. The van der Waals surface area contributed by atoms with Gasteiger partial charge in [-0.25, -0.2) is 4.39 Å². The first kappa shape index (κ1) is 17.3. The van der Waals surface area contributed by atoms with Crippen LogP contribution < -0.4 is 0 Å². The van der Waals surface area contributed by atoms with Crippen LogP contribution in [0.4, 0.5) is 4.39 Å². The van der Waals surface area contributed by atoms with Crippen LogP contribution in [-0.2, 0) is 4.79 Å². The summed E-state index contributed by atoms with van der Waals surface area (Å²) in [6.45, 7) is 4.04. The van der Waals surface area contributed by atoms with Crippen LogP contribution in [0.15, 0.2) is 82.9 Å². The van der Waals surface area contributed by atoms with E-state index < -0.39 is 0 Å². The number of rotatable bonds is 3. The Morgan fingerprint density at radius 3 is 2.48 bits per heavy atom. The van der Waals surface area contributed by atoms with Gasteiger partial charge in [0.1, 0.15) is 5.82 Å². The number of halogens is 1. The second kappa shape index (κ2) is 6.92. The van der Waals surface area contributed by atoms with Crippen molar-refractivity contribution in [1.82, 2.24) is 0 Å². The highest BCUT2D eigenvalue weighted by atomic mass is 19.1. The van der Waals surface area contributed by atoms with Crippen LogP contribution in [0.5, 0.6) is 0 Å². The molecule has 0 N–H and O–H groups in total. The van der Waals surface area contributed by atoms with Crippen molar-refractivity contribution < 1.29 is 9.18 Å². The summed E-state index contributed by atoms with van der Waals surface area (Å²) in [4.78, 5) is 17.2. The van der Waals surface area contributed by atoms with Gasteiger partial charge in [-0.3, -0.25) is 9.79 Å². The summed E-state index contributed by atoms with van der Waals surface area (Å²) in [6.07, 6.45) is 7.07. The summed E-state index contributed by atoms with van der Waals surface area (Å²) in [5.41, 5.74) is 5.26. The lowest BCUT2D eigenvalue weighted by Crippen LogP contribution is -2.19. The second-order valence-corrected chi connectivity index (χ2v) is 7.03. The van der Waals surface area contributed by atoms with Gasteiger partial charge in [0.25, 0.3) is 0 Å². The van der Waals surface area contributed by atoms with E-state index in [4.69, 9.17) is 0 Å². The number of aliphatic imine (C=N–C) groups is 1. The second-order valence-electron chi connectivity index (χ2n) is 7.03. The van der Waals surface area contributed by atoms with Crippen LogP contribution in [0.3, 0.4) is 0 Å². The average Bonchev–Trinajstić information content (AvgIpc) is 3.05. The van der Waals surface area contributed by atoms with E-state index in [0.717, 1.165) is 16.7 Å². The van der Waals surface area contributed by atoms with Gasteiger partial charge in [-0.2, -0.15) is 0 Å². The molecule has 4 rings (SSSR count). The average molecular weight is 357 g/mol. The molecule has 2 nitrogen and oxygen atoms in total. The quantitative estimate of drug-likeness (QED) is 0.722. The van der Waals surface area contributed by atoms with E-state index in [1.807, 2.05) is 56.3 Å². The molecule has 1 aliphatic carbocycles. The van der Waals surface area contributed by atoms with E-state index in [2.05, 4.69) is 4.99 Å². The molecule has 3 heteroatoms. The fraction of sp³-hybridized carbons (Fsp3) is 0.167. The van der Waals surface area contributed by atoms with Crippen LogP contribution in [0.25, 0.3) is 5.57 Å². The standard InChI is InChI=1S/C24H20FNO/c1-15-7-9-17(10-8-15)19-11-12-22(27)23(19)18-13-14-26-24(16(18)2)20-5-3-4-6-21(20)25/h3-14,16,24H,1-2H3. The Labute approximate surface area is 158 Å². The zero-order valence-corrected chi connectivity index (χ0v) is 15.3. The molecule has 0 amide bonds. The Hall–Kier alpha value is -3.07. The van der Waals surface area contributed by atoms with Gasteiger partial charge in [-0.1, -0.05) is 55.0 Å². The summed E-state index contributed by atoms with van der Waals surface area (Å²) < 4.78 is 14.3. The smallest absolute Gasteiger partial charge is 0.186 e. The van der Waals surface area contributed by atoms with Gasteiger partial charge in [0, 0.05) is 23.3 Å². The molecular formula is C24H20FNO. The number of dihydropyridines is 1. The maximum Gasteiger partial charge on any atom is 0.186 e. The van der Waals surface area contributed by atoms with E-state index in [-0.39, 0.29) is 23.6 Å². The lowest BCUT2D eigenvalue weighted by atomic mass is 9.80. The maximum absolute atomic E-state index is 14.3. The highest BCUT2D eigenvalue weighted by Crippen LogP contribution is 2.41. The first-order valence-corrected chi connectivity index (χ1v) is 9.08. The van der Waals surface area contributed by atoms with Crippen molar-refractivity contribution in [2.75, 3.05) is 0 Å². The topological polar surface area (TPSA) is 29.4 Å². The molecule has 1 heterocycles. The largest absolute Gasteiger partial charge is 0.289 e. The lowest BCUT2D eigenvalue weighted by molar-refractivity contribution is -0.111. The fourth-order valence-electron chi connectivity index (χ4n) is 3.77. The Kier molecular flexibility index (Phi) is 4.44. The van der Waals surface area contributed by atoms with Crippen LogP contribution in [-0.4, -0.2) is 12.0 Å². The summed E-state index contributed by atoms with van der Waals surface area (Å²) >= 11 is 0. The summed E-state index contributed by atoms with van der Waals surface area (Å²) in [5.74, 6) is -0.381. The van der Waals surface area contributed by atoms with Gasteiger partial charge < -0.3 is 0 Å². The van der Waals surface area contributed by atoms with Crippen molar-refractivity contribution >= 4 is 17.6 Å². The first-order valence-electron chi connectivity index (χ1n) is 9.08. The lowest BCUT2D eigenvalue weighted by Gasteiger charge is -2.27. The molecule has 1 aliphatic heterocycles. The molecule has 0 aromatic heterocycles. The summed E-state index contributed by atoms with van der Waals surface area (Å²) in [7, 11) is 0. The van der Waals surface area contributed by atoms with Crippen LogP contribution >= 0.6 is 0 Å². The number of ketones is 1. The summed E-state index contributed by atoms with van der Waals surface area (Å²) in [5, 5.41) is 0. The molecule has 0 fully saturated rings.